The van der Waals surface area contributed by atoms with Crippen LogP contribution in [0.2, 0.25) is 5.02 Å². The monoisotopic (exact) mass is 457 g/mol. The molecule has 4 rings (SSSR count). The molecule has 1 aromatic heterocycles. The summed E-state index contributed by atoms with van der Waals surface area (Å²) < 4.78 is 14.9. The molecule has 10 heteroatoms. The summed E-state index contributed by atoms with van der Waals surface area (Å²) in [4.78, 5) is 36.8. The van der Waals surface area contributed by atoms with E-state index in [1.165, 1.54) is 24.3 Å². The summed E-state index contributed by atoms with van der Waals surface area (Å²) >= 11 is 6.80. The Morgan fingerprint density at radius 2 is 1.97 bits per heavy atom. The predicted octanol–water partition coefficient (Wildman–Crippen LogP) is 5.41. The lowest BCUT2D eigenvalue weighted by atomic mass is 10.2. The van der Waals surface area contributed by atoms with Crippen LogP contribution in [0.1, 0.15) is 11.1 Å². The molecular formula is C21H13ClFN3O4S. The molecule has 0 spiro atoms. The smallest absolute Gasteiger partial charge is 0.293 e. The fraction of sp³-hybridized carbons (Fsp3) is 0.0476. The molecule has 0 radical (unpaired) electrons. The van der Waals surface area contributed by atoms with E-state index in [0.29, 0.717) is 16.8 Å². The number of imide groups is 1. The number of nitro groups is 1. The first-order chi connectivity index (χ1) is 14.8. The lowest BCUT2D eigenvalue weighted by Gasteiger charge is -2.13. The zero-order valence-corrected chi connectivity index (χ0v) is 17.3. The number of amides is 2. The number of hydrogen-bond acceptors (Lipinski definition) is 5. The van der Waals surface area contributed by atoms with Crippen molar-refractivity contribution >= 4 is 46.3 Å². The molecule has 0 saturated carbocycles. The van der Waals surface area contributed by atoms with Gasteiger partial charge in [-0.25, -0.2) is 4.39 Å². The highest BCUT2D eigenvalue weighted by molar-refractivity contribution is 8.18. The van der Waals surface area contributed by atoms with Crippen LogP contribution in [0.15, 0.2) is 65.8 Å². The van der Waals surface area contributed by atoms with Gasteiger partial charge in [0.05, 0.1) is 22.1 Å². The Kier molecular flexibility index (Phi) is 5.62. The van der Waals surface area contributed by atoms with Gasteiger partial charge in [0, 0.05) is 29.5 Å². The number of nitro benzene ring substituents is 1. The standard InChI is InChI=1S/C21H13ClFN3O4S/c22-18-9-15(23)5-4-14(18)12-25-20(27)19(31-21(25)28)8-13-6-7-24(11-13)16-2-1-3-17(10-16)26(29)30/h1-11H,12H2. The van der Waals surface area contributed by atoms with Crippen LogP contribution in [0.25, 0.3) is 11.8 Å². The van der Waals surface area contributed by atoms with Crippen LogP contribution in [-0.4, -0.2) is 25.5 Å². The lowest BCUT2D eigenvalue weighted by molar-refractivity contribution is -0.384. The molecule has 0 aliphatic carbocycles. The Hall–Kier alpha value is -3.43. The normalized spacial score (nSPS) is 15.2. The molecule has 3 aromatic rings. The molecule has 0 bridgehead atoms. The fourth-order valence-corrected chi connectivity index (χ4v) is 4.10. The lowest BCUT2D eigenvalue weighted by Crippen LogP contribution is -2.27. The van der Waals surface area contributed by atoms with Gasteiger partial charge >= 0.3 is 0 Å². The number of nitrogens with zero attached hydrogens (tertiary/aromatic N) is 3. The third-order valence-corrected chi connectivity index (χ3v) is 5.83. The van der Waals surface area contributed by atoms with Crippen molar-refractivity contribution in [1.29, 1.82) is 0 Å². The molecule has 7 nitrogen and oxygen atoms in total. The van der Waals surface area contributed by atoms with E-state index in [2.05, 4.69) is 0 Å². The second-order valence-corrected chi connectivity index (χ2v) is 8.03. The molecule has 0 atom stereocenters. The molecule has 31 heavy (non-hydrogen) atoms. The SMILES string of the molecule is O=C1SC(=Cc2ccn(-c3cccc([N+](=O)[O-])c3)c2)C(=O)N1Cc1ccc(F)cc1Cl. The minimum absolute atomic E-state index is 0.0340. The van der Waals surface area contributed by atoms with Crippen molar-refractivity contribution in [2.45, 2.75) is 6.54 Å². The molecule has 0 N–H and O–H groups in total. The van der Waals surface area contributed by atoms with Crippen molar-refractivity contribution in [3.8, 4) is 5.69 Å². The van der Waals surface area contributed by atoms with Crippen molar-refractivity contribution in [3.05, 3.63) is 97.9 Å². The van der Waals surface area contributed by atoms with Gasteiger partial charge in [0.2, 0.25) is 0 Å². The van der Waals surface area contributed by atoms with Crippen LogP contribution in [0.4, 0.5) is 14.9 Å². The molecule has 2 heterocycles. The number of hydrogen-bond donors (Lipinski definition) is 0. The number of thioether (sulfide) groups is 1. The van der Waals surface area contributed by atoms with Crippen LogP contribution in [0.5, 0.6) is 0 Å². The number of carbonyl (C=O) groups excluding carboxylic acids is 2. The number of halogens is 2. The average Bonchev–Trinajstić information content (AvgIpc) is 3.30. The molecule has 2 aromatic carbocycles. The molecule has 156 valence electrons. The van der Waals surface area contributed by atoms with Crippen molar-refractivity contribution in [1.82, 2.24) is 9.47 Å². The van der Waals surface area contributed by atoms with E-state index < -0.39 is 21.9 Å². The summed E-state index contributed by atoms with van der Waals surface area (Å²) in [5.41, 5.74) is 1.67. The van der Waals surface area contributed by atoms with Gasteiger partial charge in [0.25, 0.3) is 16.8 Å². The molecule has 1 saturated heterocycles. The summed E-state index contributed by atoms with van der Waals surface area (Å²) in [6.07, 6.45) is 4.97. The molecular weight excluding hydrogens is 445 g/mol. The summed E-state index contributed by atoms with van der Waals surface area (Å²) in [6.45, 7) is -0.0597. The minimum Gasteiger partial charge on any atom is -0.323 e. The van der Waals surface area contributed by atoms with Gasteiger partial charge in [-0.05, 0) is 53.2 Å². The van der Waals surface area contributed by atoms with Crippen LogP contribution in [0, 0.1) is 15.9 Å². The van der Waals surface area contributed by atoms with E-state index >= 15 is 0 Å². The van der Waals surface area contributed by atoms with Gasteiger partial charge in [-0.1, -0.05) is 23.7 Å². The Morgan fingerprint density at radius 1 is 1.16 bits per heavy atom. The molecule has 1 fully saturated rings. The highest BCUT2D eigenvalue weighted by Gasteiger charge is 2.35. The van der Waals surface area contributed by atoms with Gasteiger partial charge in [0.15, 0.2) is 0 Å². The highest BCUT2D eigenvalue weighted by Crippen LogP contribution is 2.34. The van der Waals surface area contributed by atoms with Crippen molar-refractivity contribution < 1.29 is 18.9 Å². The van der Waals surface area contributed by atoms with Crippen molar-refractivity contribution in [2.24, 2.45) is 0 Å². The van der Waals surface area contributed by atoms with Crippen LogP contribution in [-0.2, 0) is 11.3 Å². The number of non-ortho nitro benzene ring substituents is 1. The zero-order valence-electron chi connectivity index (χ0n) is 15.7. The largest absolute Gasteiger partial charge is 0.323 e. The zero-order chi connectivity index (χ0) is 22.1. The van der Waals surface area contributed by atoms with Crippen molar-refractivity contribution in [3.63, 3.8) is 0 Å². The van der Waals surface area contributed by atoms with E-state index in [1.54, 1.807) is 41.2 Å². The third-order valence-electron chi connectivity index (χ3n) is 4.57. The average molecular weight is 458 g/mol. The van der Waals surface area contributed by atoms with Crippen LogP contribution >= 0.6 is 23.4 Å². The van der Waals surface area contributed by atoms with Crippen molar-refractivity contribution in [2.75, 3.05) is 0 Å². The predicted molar refractivity (Wildman–Crippen MR) is 115 cm³/mol. The number of aromatic nitrogens is 1. The Morgan fingerprint density at radius 3 is 2.71 bits per heavy atom. The molecule has 0 unspecified atom stereocenters. The van der Waals surface area contributed by atoms with Gasteiger partial charge in [0.1, 0.15) is 5.82 Å². The highest BCUT2D eigenvalue weighted by atomic mass is 35.5. The first-order valence-electron chi connectivity index (χ1n) is 8.94. The van der Waals surface area contributed by atoms with Crippen LogP contribution in [0.3, 0.4) is 0 Å². The first kappa shape index (κ1) is 20.8. The minimum atomic E-state index is -0.504. The Balaban J connectivity index is 1.55. The third kappa shape index (κ3) is 4.37. The van der Waals surface area contributed by atoms with E-state index in [1.807, 2.05) is 0 Å². The fourth-order valence-electron chi connectivity index (χ4n) is 3.03. The molecule has 2 amide bonds. The maximum absolute atomic E-state index is 13.2. The van der Waals surface area contributed by atoms with E-state index in [0.717, 1.165) is 22.7 Å². The topological polar surface area (TPSA) is 85.5 Å². The summed E-state index contributed by atoms with van der Waals surface area (Å²) in [5.74, 6) is -0.977. The Labute approximate surface area is 184 Å². The quantitative estimate of drug-likeness (QED) is 0.290. The first-order valence-corrected chi connectivity index (χ1v) is 10.1. The Bertz CT molecular complexity index is 1260. The molecule has 1 aliphatic rings. The summed E-state index contributed by atoms with van der Waals surface area (Å²) in [7, 11) is 0. The van der Waals surface area contributed by atoms with E-state index in [4.69, 9.17) is 11.6 Å². The molecule has 1 aliphatic heterocycles. The van der Waals surface area contributed by atoms with E-state index in [-0.39, 0.29) is 22.2 Å². The van der Waals surface area contributed by atoms with Crippen LogP contribution < -0.4 is 0 Å². The number of rotatable bonds is 5. The maximum Gasteiger partial charge on any atom is 0.293 e. The number of benzene rings is 2. The summed E-state index contributed by atoms with van der Waals surface area (Å²) in [6, 6.07) is 11.6. The van der Waals surface area contributed by atoms with Gasteiger partial charge in [-0.2, -0.15) is 0 Å². The van der Waals surface area contributed by atoms with E-state index in [9.17, 15) is 24.1 Å². The summed E-state index contributed by atoms with van der Waals surface area (Å²) in [5, 5.41) is 10.7. The number of carbonyl (C=O) groups is 2. The second kappa shape index (κ2) is 8.37. The van der Waals surface area contributed by atoms with Gasteiger partial charge in [-0.15, -0.1) is 0 Å². The van der Waals surface area contributed by atoms with Gasteiger partial charge in [-0.3, -0.25) is 24.6 Å². The second-order valence-electron chi connectivity index (χ2n) is 6.63. The van der Waals surface area contributed by atoms with Gasteiger partial charge < -0.3 is 4.57 Å². The maximum atomic E-state index is 13.2.